The fraction of sp³-hybridized carbons (Fsp3) is 0.412. The van der Waals surface area contributed by atoms with E-state index in [9.17, 15) is 9.59 Å². The summed E-state index contributed by atoms with van der Waals surface area (Å²) < 4.78 is 0. The van der Waals surface area contributed by atoms with Crippen LogP contribution >= 0.6 is 0 Å². The Kier molecular flexibility index (Phi) is 13.0. The molecule has 2 N–H and O–H groups in total. The van der Waals surface area contributed by atoms with Gasteiger partial charge in [-0.1, -0.05) is 53.7 Å². The van der Waals surface area contributed by atoms with Crippen LogP contribution in [0, 0.1) is 0 Å². The number of benzene rings is 1. The Morgan fingerprint density at radius 3 is 2.05 bits per heavy atom. The van der Waals surface area contributed by atoms with Crippen LogP contribution in [0.15, 0.2) is 35.3 Å². The largest absolute Gasteiger partial charge is 0.360 e. The second kappa shape index (κ2) is 12.9. The smallest absolute Gasteiger partial charge is 0.256 e. The summed E-state index contributed by atoms with van der Waals surface area (Å²) in [6, 6.07) is 7.09. The highest BCUT2D eigenvalue weighted by atomic mass is 16.2. The molecule has 4 nitrogen and oxygen atoms in total. The minimum Gasteiger partial charge on any atom is -0.360 e. The molecule has 1 amide bonds. The van der Waals surface area contributed by atoms with Crippen LogP contribution in [-0.2, 0) is 0 Å². The van der Waals surface area contributed by atoms with Crippen molar-refractivity contribution in [1.29, 1.82) is 0 Å². The quantitative estimate of drug-likeness (QED) is 0.835. The fourth-order valence-electron chi connectivity index (χ4n) is 1.47. The zero-order valence-corrected chi connectivity index (χ0v) is 14.2. The van der Waals surface area contributed by atoms with Crippen LogP contribution in [0.2, 0.25) is 0 Å². The third-order valence-electron chi connectivity index (χ3n) is 2.26. The Labute approximate surface area is 127 Å². The molecule has 4 heteroatoms. The van der Waals surface area contributed by atoms with E-state index >= 15 is 0 Å². The van der Waals surface area contributed by atoms with E-state index in [1.165, 1.54) is 13.2 Å². The lowest BCUT2D eigenvalue weighted by Gasteiger charge is -2.01. The van der Waals surface area contributed by atoms with Crippen molar-refractivity contribution in [1.82, 2.24) is 10.3 Å². The van der Waals surface area contributed by atoms with Crippen LogP contribution in [0.3, 0.4) is 0 Å². The van der Waals surface area contributed by atoms with Crippen molar-refractivity contribution in [3.63, 3.8) is 0 Å². The normalized spacial score (nSPS) is 8.14. The number of aromatic nitrogens is 1. The number of fused-ring (bicyclic) bond motifs is 1. The summed E-state index contributed by atoms with van der Waals surface area (Å²) >= 11 is 0. The molecule has 0 aliphatic rings. The summed E-state index contributed by atoms with van der Waals surface area (Å²) in [4.78, 5) is 26.1. The summed E-state index contributed by atoms with van der Waals surface area (Å²) in [6.07, 6.45) is 1.43. The molecule has 0 spiro atoms. The Morgan fingerprint density at radius 1 is 1.00 bits per heavy atom. The number of H-pyrrole nitrogens is 1. The lowest BCUT2D eigenvalue weighted by atomic mass is 10.1. The van der Waals surface area contributed by atoms with Gasteiger partial charge in [0.15, 0.2) is 0 Å². The Morgan fingerprint density at radius 2 is 1.52 bits per heavy atom. The van der Waals surface area contributed by atoms with E-state index in [0.29, 0.717) is 5.39 Å². The van der Waals surface area contributed by atoms with Crippen LogP contribution in [-0.4, -0.2) is 17.9 Å². The summed E-state index contributed by atoms with van der Waals surface area (Å²) in [6.45, 7) is 12.0. The number of aromatic amines is 1. The molecule has 1 aromatic carbocycles. The first-order valence-corrected chi connectivity index (χ1v) is 7.56. The number of rotatable bonds is 1. The van der Waals surface area contributed by atoms with Crippen molar-refractivity contribution in [3.8, 4) is 0 Å². The number of carbonyl (C=O) groups excluding carboxylic acids is 1. The predicted octanol–water partition coefficient (Wildman–Crippen LogP) is 3.97. The molecule has 1 aromatic heterocycles. The standard InChI is InChI=1S/C11H10N2O2.3C2H6/c1-12-11(15)8-6-13-9-5-3-2-4-7(9)10(8)14;3*1-2/h2-6H,1H3,(H,12,15)(H,13,14);3*1-2H3. The summed E-state index contributed by atoms with van der Waals surface area (Å²) in [5.41, 5.74) is 0.620. The molecule has 0 fully saturated rings. The van der Waals surface area contributed by atoms with Crippen molar-refractivity contribution >= 4 is 16.8 Å². The number of hydrogen-bond acceptors (Lipinski definition) is 2. The first-order valence-electron chi connectivity index (χ1n) is 7.56. The van der Waals surface area contributed by atoms with E-state index < -0.39 is 0 Å². The molecule has 0 atom stereocenters. The van der Waals surface area contributed by atoms with Gasteiger partial charge in [0.2, 0.25) is 5.43 Å². The minimum atomic E-state index is -0.373. The number of hydrogen-bond donors (Lipinski definition) is 2. The molecule has 1 heterocycles. The SMILES string of the molecule is CC.CC.CC.CNC(=O)c1c[nH]c2ccccc2c1=O. The van der Waals surface area contributed by atoms with Crippen molar-refractivity contribution in [3.05, 3.63) is 46.2 Å². The molecule has 0 saturated heterocycles. The Balaban J connectivity index is 0. The maximum Gasteiger partial charge on any atom is 0.256 e. The molecule has 0 saturated carbocycles. The van der Waals surface area contributed by atoms with Gasteiger partial charge >= 0.3 is 0 Å². The lowest BCUT2D eigenvalue weighted by molar-refractivity contribution is 0.0962. The second-order valence-electron chi connectivity index (χ2n) is 3.16. The van der Waals surface area contributed by atoms with Crippen LogP contribution in [0.5, 0.6) is 0 Å². The highest BCUT2D eigenvalue weighted by Crippen LogP contribution is 2.06. The monoisotopic (exact) mass is 292 g/mol. The van der Waals surface area contributed by atoms with Crippen LogP contribution in [0.4, 0.5) is 0 Å². The second-order valence-corrected chi connectivity index (χ2v) is 3.16. The van der Waals surface area contributed by atoms with E-state index in [1.807, 2.05) is 47.6 Å². The van der Waals surface area contributed by atoms with Gasteiger partial charge in [-0.05, 0) is 12.1 Å². The number of amides is 1. The first-order chi connectivity index (χ1) is 10.2. The molecule has 0 aliphatic carbocycles. The third-order valence-corrected chi connectivity index (χ3v) is 2.26. The van der Waals surface area contributed by atoms with Gasteiger partial charge in [-0.15, -0.1) is 0 Å². The maximum absolute atomic E-state index is 11.8. The van der Waals surface area contributed by atoms with Gasteiger partial charge in [-0.2, -0.15) is 0 Å². The van der Waals surface area contributed by atoms with Crippen molar-refractivity contribution < 1.29 is 4.79 Å². The molecule has 0 bridgehead atoms. The van der Waals surface area contributed by atoms with Gasteiger partial charge in [-0.25, -0.2) is 0 Å². The molecule has 118 valence electrons. The summed E-state index contributed by atoms with van der Waals surface area (Å²) in [5, 5.41) is 2.95. The number of para-hydroxylation sites is 1. The van der Waals surface area contributed by atoms with Gasteiger partial charge in [0.1, 0.15) is 5.56 Å². The number of pyridine rings is 1. The average Bonchev–Trinajstić information content (AvgIpc) is 2.60. The average molecular weight is 292 g/mol. The van der Waals surface area contributed by atoms with Gasteiger partial charge in [0.25, 0.3) is 5.91 Å². The zero-order chi connectivity index (χ0) is 16.8. The number of carbonyl (C=O) groups is 1. The minimum absolute atomic E-state index is 0.135. The van der Waals surface area contributed by atoms with Gasteiger partial charge in [0, 0.05) is 24.1 Å². The molecule has 0 unspecified atom stereocenters. The van der Waals surface area contributed by atoms with Gasteiger partial charge in [-0.3, -0.25) is 9.59 Å². The highest BCUT2D eigenvalue weighted by Gasteiger charge is 2.10. The van der Waals surface area contributed by atoms with Crippen LogP contribution < -0.4 is 10.7 Å². The van der Waals surface area contributed by atoms with E-state index in [2.05, 4.69) is 10.3 Å². The van der Waals surface area contributed by atoms with Crippen LogP contribution in [0.25, 0.3) is 10.9 Å². The van der Waals surface area contributed by atoms with E-state index in [1.54, 1.807) is 18.2 Å². The molecule has 0 aliphatic heterocycles. The molecule has 21 heavy (non-hydrogen) atoms. The molecular formula is C17H28N2O2. The van der Waals surface area contributed by atoms with E-state index in [4.69, 9.17) is 0 Å². The van der Waals surface area contributed by atoms with Gasteiger partial charge in [0.05, 0.1) is 0 Å². The van der Waals surface area contributed by atoms with E-state index in [-0.39, 0.29) is 16.9 Å². The lowest BCUT2D eigenvalue weighted by Crippen LogP contribution is -2.25. The highest BCUT2D eigenvalue weighted by molar-refractivity contribution is 5.96. The maximum atomic E-state index is 11.8. The van der Waals surface area contributed by atoms with Crippen molar-refractivity contribution in [2.24, 2.45) is 0 Å². The Bertz CT molecular complexity index is 574. The summed E-state index contributed by atoms with van der Waals surface area (Å²) in [5.74, 6) is -0.373. The third kappa shape index (κ3) is 5.81. The Hall–Kier alpha value is -2.10. The molecule has 2 rings (SSSR count). The predicted molar refractivity (Wildman–Crippen MR) is 92.0 cm³/mol. The van der Waals surface area contributed by atoms with Gasteiger partial charge < -0.3 is 10.3 Å². The zero-order valence-electron chi connectivity index (χ0n) is 14.2. The van der Waals surface area contributed by atoms with Crippen molar-refractivity contribution in [2.45, 2.75) is 41.5 Å². The topological polar surface area (TPSA) is 62.0 Å². The van der Waals surface area contributed by atoms with Crippen molar-refractivity contribution in [2.75, 3.05) is 7.05 Å². The molecular weight excluding hydrogens is 264 g/mol. The van der Waals surface area contributed by atoms with E-state index in [0.717, 1.165) is 5.52 Å². The molecule has 2 aromatic rings. The molecule has 0 radical (unpaired) electrons. The first kappa shape index (κ1) is 21.2. The fourth-order valence-corrected chi connectivity index (χ4v) is 1.47. The summed E-state index contributed by atoms with van der Waals surface area (Å²) in [7, 11) is 1.50. The van der Waals surface area contributed by atoms with Crippen LogP contribution in [0.1, 0.15) is 51.9 Å². The number of nitrogens with one attached hydrogen (secondary N) is 2.